The first-order valence-electron chi connectivity index (χ1n) is 27.5. The second kappa shape index (κ2) is 53.5. The Bertz CT molecular complexity index is 1230. The Balaban J connectivity index is 4.50. The van der Waals surface area contributed by atoms with Crippen LogP contribution in [0.4, 0.5) is 0 Å². The van der Waals surface area contributed by atoms with Crippen LogP contribution in [-0.4, -0.2) is 37.2 Å². The van der Waals surface area contributed by atoms with E-state index in [0.717, 1.165) is 77.0 Å². The highest BCUT2D eigenvalue weighted by Crippen LogP contribution is 2.15. The molecule has 0 heterocycles. The van der Waals surface area contributed by atoms with Gasteiger partial charge in [-0.2, -0.15) is 0 Å². The number of rotatable bonds is 49. The second-order valence-electron chi connectivity index (χ2n) is 18.2. The van der Waals surface area contributed by atoms with Crippen molar-refractivity contribution in [2.45, 2.75) is 271 Å². The van der Waals surface area contributed by atoms with E-state index in [1.807, 2.05) is 0 Å². The van der Waals surface area contributed by atoms with Gasteiger partial charge in [0.25, 0.3) is 0 Å². The summed E-state index contributed by atoms with van der Waals surface area (Å²) in [6.07, 6.45) is 67.5. The second-order valence-corrected chi connectivity index (χ2v) is 18.2. The Labute approximate surface area is 402 Å². The van der Waals surface area contributed by atoms with Crippen LogP contribution < -0.4 is 0 Å². The molecule has 0 N–H and O–H groups in total. The summed E-state index contributed by atoms with van der Waals surface area (Å²) in [6.45, 7) is 6.55. The highest BCUT2D eigenvalue weighted by molar-refractivity contribution is 5.71. The van der Waals surface area contributed by atoms with Crippen LogP contribution in [0.3, 0.4) is 0 Å². The number of allylic oxidation sites excluding steroid dienone is 12. The summed E-state index contributed by atoms with van der Waals surface area (Å²) in [5.41, 5.74) is 0. The topological polar surface area (TPSA) is 78.9 Å². The van der Waals surface area contributed by atoms with Gasteiger partial charge in [0, 0.05) is 19.3 Å². The van der Waals surface area contributed by atoms with Gasteiger partial charge >= 0.3 is 17.9 Å². The van der Waals surface area contributed by atoms with Crippen molar-refractivity contribution in [3.63, 3.8) is 0 Å². The van der Waals surface area contributed by atoms with E-state index in [-0.39, 0.29) is 44.0 Å². The fraction of sp³-hybridized carbons (Fsp3) is 0.746. The number of carbonyl (C=O) groups is 3. The Kier molecular flexibility index (Phi) is 50.9. The molecule has 0 aromatic heterocycles. The maximum Gasteiger partial charge on any atom is 0.306 e. The fourth-order valence-corrected chi connectivity index (χ4v) is 7.54. The van der Waals surface area contributed by atoms with Gasteiger partial charge in [-0.3, -0.25) is 14.4 Å². The van der Waals surface area contributed by atoms with Gasteiger partial charge < -0.3 is 14.2 Å². The minimum Gasteiger partial charge on any atom is -0.462 e. The van der Waals surface area contributed by atoms with Crippen molar-refractivity contribution in [1.29, 1.82) is 0 Å². The van der Waals surface area contributed by atoms with Crippen molar-refractivity contribution in [2.75, 3.05) is 13.2 Å². The molecule has 0 aromatic rings. The van der Waals surface area contributed by atoms with Crippen molar-refractivity contribution >= 4 is 17.9 Å². The van der Waals surface area contributed by atoms with E-state index in [9.17, 15) is 14.4 Å². The monoisotopic (exact) mass is 907 g/mol. The minimum atomic E-state index is -0.809. The maximum absolute atomic E-state index is 12.8. The highest BCUT2D eigenvalue weighted by Gasteiger charge is 2.19. The van der Waals surface area contributed by atoms with Crippen LogP contribution in [0.1, 0.15) is 265 Å². The summed E-state index contributed by atoms with van der Waals surface area (Å²) < 4.78 is 16.8. The van der Waals surface area contributed by atoms with Crippen LogP contribution in [0, 0.1) is 0 Å². The third kappa shape index (κ3) is 51.7. The molecule has 6 heteroatoms. The molecule has 374 valence electrons. The predicted octanol–water partition coefficient (Wildman–Crippen LogP) is 18.2. The molecule has 0 aliphatic carbocycles. The Hall–Kier alpha value is -3.15. The summed E-state index contributed by atoms with van der Waals surface area (Å²) in [7, 11) is 0. The molecule has 0 aliphatic rings. The summed E-state index contributed by atoms with van der Waals surface area (Å²) in [6, 6.07) is 0. The van der Waals surface area contributed by atoms with Gasteiger partial charge in [0.2, 0.25) is 0 Å². The molecule has 6 nitrogen and oxygen atoms in total. The Morgan fingerprint density at radius 3 is 1.06 bits per heavy atom. The average molecular weight is 907 g/mol. The largest absolute Gasteiger partial charge is 0.462 e. The van der Waals surface area contributed by atoms with Gasteiger partial charge in [0.1, 0.15) is 13.2 Å². The molecule has 0 saturated carbocycles. The summed E-state index contributed by atoms with van der Waals surface area (Å²) in [5.74, 6) is -0.981. The average Bonchev–Trinajstić information content (AvgIpc) is 3.30. The van der Waals surface area contributed by atoms with Crippen molar-refractivity contribution in [1.82, 2.24) is 0 Å². The summed E-state index contributed by atoms with van der Waals surface area (Å²) >= 11 is 0. The van der Waals surface area contributed by atoms with Crippen LogP contribution in [0.25, 0.3) is 0 Å². The normalized spacial score (nSPS) is 12.6. The molecule has 0 radical (unpaired) electrons. The maximum atomic E-state index is 12.8. The number of hydrogen-bond acceptors (Lipinski definition) is 6. The third-order valence-electron chi connectivity index (χ3n) is 11.7. The van der Waals surface area contributed by atoms with E-state index in [2.05, 4.69) is 93.7 Å². The van der Waals surface area contributed by atoms with Crippen molar-refractivity contribution in [3.8, 4) is 0 Å². The van der Waals surface area contributed by atoms with E-state index in [1.165, 1.54) is 141 Å². The first kappa shape index (κ1) is 61.9. The zero-order chi connectivity index (χ0) is 47.2. The molecule has 0 rings (SSSR count). The zero-order valence-electron chi connectivity index (χ0n) is 42.7. The van der Waals surface area contributed by atoms with E-state index in [0.29, 0.717) is 12.8 Å². The fourth-order valence-electron chi connectivity index (χ4n) is 7.54. The molecule has 0 aromatic carbocycles. The van der Waals surface area contributed by atoms with Gasteiger partial charge in [-0.05, 0) is 83.5 Å². The van der Waals surface area contributed by atoms with Gasteiger partial charge in [-0.15, -0.1) is 0 Å². The van der Waals surface area contributed by atoms with Gasteiger partial charge in [-0.1, -0.05) is 235 Å². The lowest BCUT2D eigenvalue weighted by molar-refractivity contribution is -0.167. The molecule has 65 heavy (non-hydrogen) atoms. The lowest BCUT2D eigenvalue weighted by Crippen LogP contribution is -2.30. The van der Waals surface area contributed by atoms with Gasteiger partial charge in [0.15, 0.2) is 6.10 Å². The van der Waals surface area contributed by atoms with E-state index in [4.69, 9.17) is 14.2 Å². The number of esters is 3. The number of ether oxygens (including phenoxy) is 3. The molecule has 0 aliphatic heterocycles. The number of unbranched alkanes of at least 4 members (excludes halogenated alkanes) is 27. The molecular weight excluding hydrogens is 805 g/mol. The van der Waals surface area contributed by atoms with Crippen LogP contribution in [0.15, 0.2) is 72.9 Å². The quantitative estimate of drug-likeness (QED) is 0.0199. The van der Waals surface area contributed by atoms with Gasteiger partial charge in [0.05, 0.1) is 0 Å². The number of carbonyl (C=O) groups excluding carboxylic acids is 3. The number of hydrogen-bond donors (Lipinski definition) is 0. The van der Waals surface area contributed by atoms with E-state index >= 15 is 0 Å². The molecule has 0 spiro atoms. The standard InChI is InChI=1S/C59H102O6/c1-4-7-10-13-16-19-22-25-28-30-32-34-37-40-43-46-49-52-58(61)64-55-56(54-63-57(60)51-48-45-42-39-36-33-27-24-21-18-15-12-9-6-3)65-59(62)53-50-47-44-41-38-35-31-29-26-23-20-17-14-11-8-5-2/h16,19,25,28-29,31-32,34-35,38,40,43,56H,4-15,17-18,20-24,26-27,30,33,36-37,39,41-42,44-55H2,1-3H3/b19-16-,28-25-,31-29-,34-32-,38-35-,43-40-. The first-order valence-corrected chi connectivity index (χ1v) is 27.5. The van der Waals surface area contributed by atoms with Crippen LogP contribution in [0.2, 0.25) is 0 Å². The molecule has 0 saturated heterocycles. The van der Waals surface area contributed by atoms with Crippen molar-refractivity contribution < 1.29 is 28.6 Å². The van der Waals surface area contributed by atoms with Crippen LogP contribution in [-0.2, 0) is 28.6 Å². The van der Waals surface area contributed by atoms with Crippen molar-refractivity contribution in [2.24, 2.45) is 0 Å². The molecular formula is C59H102O6. The molecule has 0 fully saturated rings. The smallest absolute Gasteiger partial charge is 0.306 e. The van der Waals surface area contributed by atoms with Crippen LogP contribution >= 0.6 is 0 Å². The minimum absolute atomic E-state index is 0.101. The Morgan fingerprint density at radius 1 is 0.323 bits per heavy atom. The zero-order valence-corrected chi connectivity index (χ0v) is 42.7. The highest BCUT2D eigenvalue weighted by atomic mass is 16.6. The molecule has 0 amide bonds. The summed E-state index contributed by atoms with van der Waals surface area (Å²) in [5, 5.41) is 0. The van der Waals surface area contributed by atoms with Gasteiger partial charge in [-0.25, -0.2) is 0 Å². The molecule has 1 unspecified atom stereocenters. The summed E-state index contributed by atoms with van der Waals surface area (Å²) in [4.78, 5) is 38.0. The first-order chi connectivity index (χ1) is 32.0. The lowest BCUT2D eigenvalue weighted by Gasteiger charge is -2.18. The Morgan fingerprint density at radius 2 is 0.615 bits per heavy atom. The SMILES string of the molecule is CCCCC/C=C\C/C=C\C/C=C\C/C=C\CCCC(=O)OCC(COC(=O)CCCCCCCCCCCCCCCC)OC(=O)CCCCC/C=C\C=C/CCCCCCCCC. The van der Waals surface area contributed by atoms with Crippen LogP contribution in [0.5, 0.6) is 0 Å². The van der Waals surface area contributed by atoms with Crippen molar-refractivity contribution in [3.05, 3.63) is 72.9 Å². The van der Waals surface area contributed by atoms with E-state index < -0.39 is 6.10 Å². The third-order valence-corrected chi connectivity index (χ3v) is 11.7. The molecule has 1 atom stereocenters. The lowest BCUT2D eigenvalue weighted by atomic mass is 10.0. The molecule has 0 bridgehead atoms. The predicted molar refractivity (Wildman–Crippen MR) is 279 cm³/mol. The van der Waals surface area contributed by atoms with E-state index in [1.54, 1.807) is 0 Å².